The number of amides is 1. The van der Waals surface area contributed by atoms with Gasteiger partial charge in [0, 0.05) is 28.1 Å². The number of nitrogens with zero attached hydrogens (tertiary/aromatic N) is 2. The number of rotatable bonds is 3. The molecule has 1 unspecified atom stereocenters. The van der Waals surface area contributed by atoms with Crippen molar-refractivity contribution in [3.63, 3.8) is 0 Å². The second-order valence-corrected chi connectivity index (χ2v) is 7.21. The van der Waals surface area contributed by atoms with Crippen LogP contribution in [0.1, 0.15) is 17.2 Å². The normalized spacial score (nSPS) is 18.5. The van der Waals surface area contributed by atoms with Crippen molar-refractivity contribution in [1.29, 1.82) is 0 Å². The van der Waals surface area contributed by atoms with Gasteiger partial charge in [0.25, 0.3) is 11.7 Å². The zero-order chi connectivity index (χ0) is 19.7. The highest BCUT2D eigenvalue weighted by atomic mass is 79.9. The van der Waals surface area contributed by atoms with Gasteiger partial charge in [-0.3, -0.25) is 19.5 Å². The molecular formula is C22H15BrN2O3. The van der Waals surface area contributed by atoms with Gasteiger partial charge in [-0.2, -0.15) is 0 Å². The molecule has 0 bridgehead atoms. The van der Waals surface area contributed by atoms with E-state index in [-0.39, 0.29) is 11.3 Å². The van der Waals surface area contributed by atoms with E-state index in [9.17, 15) is 14.7 Å². The average Bonchev–Trinajstić information content (AvgIpc) is 3.00. The molecule has 6 heteroatoms. The molecule has 0 aliphatic carbocycles. The van der Waals surface area contributed by atoms with E-state index in [4.69, 9.17) is 0 Å². The summed E-state index contributed by atoms with van der Waals surface area (Å²) < 4.78 is 0.859. The van der Waals surface area contributed by atoms with E-state index in [1.165, 1.54) is 4.90 Å². The number of ketones is 1. The average molecular weight is 435 g/mol. The SMILES string of the molecule is O=C1C(=O)N(c2ccc(Br)cc2)C(c2ccncc2)/C1=C(/O)c1ccccc1. The van der Waals surface area contributed by atoms with Gasteiger partial charge < -0.3 is 5.11 Å². The zero-order valence-electron chi connectivity index (χ0n) is 14.6. The van der Waals surface area contributed by atoms with Gasteiger partial charge in [0.15, 0.2) is 0 Å². The number of pyridine rings is 1. The number of aliphatic hydroxyl groups excluding tert-OH is 1. The minimum Gasteiger partial charge on any atom is -0.507 e. The molecule has 28 heavy (non-hydrogen) atoms. The van der Waals surface area contributed by atoms with E-state index in [2.05, 4.69) is 20.9 Å². The Labute approximate surface area is 170 Å². The summed E-state index contributed by atoms with van der Waals surface area (Å²) in [6.45, 7) is 0. The van der Waals surface area contributed by atoms with Crippen molar-refractivity contribution in [3.8, 4) is 0 Å². The van der Waals surface area contributed by atoms with Crippen LogP contribution in [0.3, 0.4) is 0 Å². The third kappa shape index (κ3) is 3.12. The molecule has 138 valence electrons. The summed E-state index contributed by atoms with van der Waals surface area (Å²) >= 11 is 3.38. The lowest BCUT2D eigenvalue weighted by Crippen LogP contribution is -2.29. The van der Waals surface area contributed by atoms with Gasteiger partial charge in [0.05, 0.1) is 11.6 Å². The van der Waals surface area contributed by atoms with E-state index >= 15 is 0 Å². The Bertz CT molecular complexity index is 1060. The van der Waals surface area contributed by atoms with Crippen LogP contribution in [-0.4, -0.2) is 21.8 Å². The fraction of sp³-hybridized carbons (Fsp3) is 0.0455. The summed E-state index contributed by atoms with van der Waals surface area (Å²) in [6, 6.07) is 18.6. The summed E-state index contributed by atoms with van der Waals surface area (Å²) in [7, 11) is 0. The molecule has 4 rings (SSSR count). The van der Waals surface area contributed by atoms with E-state index in [0.29, 0.717) is 16.8 Å². The number of halogens is 1. The van der Waals surface area contributed by atoms with Gasteiger partial charge in [-0.25, -0.2) is 0 Å². The molecule has 0 radical (unpaired) electrons. The predicted octanol–water partition coefficient (Wildman–Crippen LogP) is 4.47. The second kappa shape index (κ2) is 7.40. The van der Waals surface area contributed by atoms with Crippen LogP contribution in [-0.2, 0) is 9.59 Å². The Morgan fingerprint density at radius 3 is 2.21 bits per heavy atom. The first-order valence-corrected chi connectivity index (χ1v) is 9.39. The van der Waals surface area contributed by atoms with Crippen LogP contribution in [0, 0.1) is 0 Å². The Morgan fingerprint density at radius 2 is 1.57 bits per heavy atom. The molecule has 3 aromatic rings. The summed E-state index contributed by atoms with van der Waals surface area (Å²) in [4.78, 5) is 31.3. The van der Waals surface area contributed by atoms with Crippen LogP contribution in [0.5, 0.6) is 0 Å². The topological polar surface area (TPSA) is 70.5 Å². The van der Waals surface area contributed by atoms with E-state index in [1.807, 2.05) is 6.07 Å². The standard InChI is InChI=1S/C22H15BrN2O3/c23-16-6-8-17(9-7-16)25-19(14-10-12-24-13-11-14)18(21(27)22(25)28)20(26)15-4-2-1-3-5-15/h1-13,19,26H/b20-18-. The lowest BCUT2D eigenvalue weighted by atomic mass is 9.96. The molecule has 1 fully saturated rings. The highest BCUT2D eigenvalue weighted by Crippen LogP contribution is 2.42. The third-order valence-corrected chi connectivity index (χ3v) is 5.15. The first-order chi connectivity index (χ1) is 13.6. The van der Waals surface area contributed by atoms with Crippen LogP contribution >= 0.6 is 15.9 Å². The van der Waals surface area contributed by atoms with E-state index < -0.39 is 17.7 Å². The molecular weight excluding hydrogens is 420 g/mol. The van der Waals surface area contributed by atoms with Crippen LogP contribution in [0.15, 0.2) is 89.2 Å². The quantitative estimate of drug-likeness (QED) is 0.375. The number of benzene rings is 2. The van der Waals surface area contributed by atoms with Gasteiger partial charge in [-0.15, -0.1) is 0 Å². The zero-order valence-corrected chi connectivity index (χ0v) is 16.2. The molecule has 0 saturated carbocycles. The molecule has 1 atom stereocenters. The summed E-state index contributed by atoms with van der Waals surface area (Å²) in [6.07, 6.45) is 3.19. The molecule has 1 aromatic heterocycles. The number of carbonyl (C=O) groups is 2. The van der Waals surface area contributed by atoms with Gasteiger partial charge in [-0.1, -0.05) is 46.3 Å². The van der Waals surface area contributed by atoms with Crippen molar-refractivity contribution in [2.45, 2.75) is 6.04 Å². The minimum absolute atomic E-state index is 0.0605. The Morgan fingerprint density at radius 1 is 0.929 bits per heavy atom. The summed E-state index contributed by atoms with van der Waals surface area (Å²) in [5.74, 6) is -1.59. The maximum Gasteiger partial charge on any atom is 0.300 e. The monoisotopic (exact) mass is 434 g/mol. The smallest absolute Gasteiger partial charge is 0.300 e. The second-order valence-electron chi connectivity index (χ2n) is 6.29. The molecule has 2 heterocycles. The van der Waals surface area contributed by atoms with Gasteiger partial charge in [0.2, 0.25) is 0 Å². The van der Waals surface area contributed by atoms with Crippen molar-refractivity contribution in [2.24, 2.45) is 0 Å². The number of carbonyl (C=O) groups excluding carboxylic acids is 2. The molecule has 1 saturated heterocycles. The van der Waals surface area contributed by atoms with Crippen molar-refractivity contribution in [3.05, 3.63) is 100 Å². The Hall–Kier alpha value is -3.25. The largest absolute Gasteiger partial charge is 0.507 e. The molecule has 1 aliphatic rings. The number of aliphatic hydroxyl groups is 1. The number of hydrogen-bond donors (Lipinski definition) is 1. The predicted molar refractivity (Wildman–Crippen MR) is 110 cm³/mol. The number of hydrogen-bond acceptors (Lipinski definition) is 4. The van der Waals surface area contributed by atoms with Gasteiger partial charge >= 0.3 is 0 Å². The molecule has 1 N–H and O–H groups in total. The maximum atomic E-state index is 12.9. The lowest BCUT2D eigenvalue weighted by Gasteiger charge is -2.25. The first kappa shape index (κ1) is 18.1. The van der Waals surface area contributed by atoms with Crippen molar-refractivity contribution >= 4 is 39.1 Å². The van der Waals surface area contributed by atoms with Crippen LogP contribution in [0.2, 0.25) is 0 Å². The minimum atomic E-state index is -0.746. The fourth-order valence-corrected chi connectivity index (χ4v) is 3.58. The molecule has 0 spiro atoms. The number of aromatic nitrogens is 1. The Kier molecular flexibility index (Phi) is 4.79. The van der Waals surface area contributed by atoms with Crippen LogP contribution in [0.25, 0.3) is 5.76 Å². The molecule has 2 aromatic carbocycles. The maximum absolute atomic E-state index is 12.9. The fourth-order valence-electron chi connectivity index (χ4n) is 3.31. The first-order valence-electron chi connectivity index (χ1n) is 8.60. The van der Waals surface area contributed by atoms with E-state index in [0.717, 1.165) is 4.47 Å². The lowest BCUT2D eigenvalue weighted by molar-refractivity contribution is -0.132. The van der Waals surface area contributed by atoms with Crippen molar-refractivity contribution in [1.82, 2.24) is 4.98 Å². The highest BCUT2D eigenvalue weighted by Gasteiger charge is 2.46. The van der Waals surface area contributed by atoms with Crippen LogP contribution < -0.4 is 4.90 Å². The Balaban J connectivity index is 1.94. The third-order valence-electron chi connectivity index (χ3n) is 4.62. The van der Waals surface area contributed by atoms with Gasteiger partial charge in [0.1, 0.15) is 5.76 Å². The van der Waals surface area contributed by atoms with E-state index in [1.54, 1.807) is 73.1 Å². The number of Topliss-reactive ketones (excluding diaryl/α,β-unsaturated/α-hetero) is 1. The van der Waals surface area contributed by atoms with Crippen molar-refractivity contribution in [2.75, 3.05) is 4.90 Å². The summed E-state index contributed by atoms with van der Waals surface area (Å²) in [5.41, 5.74) is 1.80. The van der Waals surface area contributed by atoms with Gasteiger partial charge in [-0.05, 0) is 42.0 Å². The summed E-state index contributed by atoms with van der Waals surface area (Å²) in [5, 5.41) is 10.9. The molecule has 1 aliphatic heterocycles. The van der Waals surface area contributed by atoms with Crippen molar-refractivity contribution < 1.29 is 14.7 Å². The molecule has 5 nitrogen and oxygen atoms in total. The molecule has 1 amide bonds. The highest BCUT2D eigenvalue weighted by molar-refractivity contribution is 9.10. The number of anilines is 1. The van der Waals surface area contributed by atoms with Crippen LogP contribution in [0.4, 0.5) is 5.69 Å².